The predicted molar refractivity (Wildman–Crippen MR) is 79.9 cm³/mol. The summed E-state index contributed by atoms with van der Waals surface area (Å²) in [6, 6.07) is 0.0201. The van der Waals surface area contributed by atoms with Gasteiger partial charge in [0.05, 0.1) is 12.2 Å². The van der Waals surface area contributed by atoms with E-state index in [1.165, 1.54) is 0 Å². The summed E-state index contributed by atoms with van der Waals surface area (Å²) in [4.78, 5) is 16.7. The van der Waals surface area contributed by atoms with E-state index in [0.29, 0.717) is 17.7 Å². The molecule has 0 aromatic carbocycles. The van der Waals surface area contributed by atoms with Crippen molar-refractivity contribution in [3.63, 3.8) is 0 Å². The predicted octanol–water partition coefficient (Wildman–Crippen LogP) is 1.77. The van der Waals surface area contributed by atoms with Gasteiger partial charge in [-0.3, -0.25) is 10.1 Å². The van der Waals surface area contributed by atoms with E-state index >= 15 is 0 Å². The number of carbonyl (C=O) groups is 1. The molecule has 0 radical (unpaired) electrons. The van der Waals surface area contributed by atoms with Gasteiger partial charge in [0.2, 0.25) is 5.91 Å². The second-order valence-corrected chi connectivity index (χ2v) is 6.73. The van der Waals surface area contributed by atoms with E-state index in [-0.39, 0.29) is 12.2 Å². The molecule has 0 aliphatic carbocycles. The summed E-state index contributed by atoms with van der Waals surface area (Å²) in [5, 5.41) is 3.52. The normalized spacial score (nSPS) is 24.3. The highest BCUT2D eigenvalue weighted by atomic mass is 16.2. The second kappa shape index (κ2) is 7.25. The van der Waals surface area contributed by atoms with Gasteiger partial charge in [-0.25, -0.2) is 0 Å². The van der Waals surface area contributed by atoms with Crippen LogP contribution in [0.15, 0.2) is 0 Å². The quantitative estimate of drug-likeness (QED) is 0.765. The van der Waals surface area contributed by atoms with Crippen LogP contribution in [0.2, 0.25) is 0 Å². The van der Waals surface area contributed by atoms with E-state index in [1.807, 2.05) is 0 Å². The SMILES string of the molecule is CC(C)CC1NC(C(C)C)N(CCCN(C)C)C1=O. The van der Waals surface area contributed by atoms with Crippen molar-refractivity contribution >= 4 is 5.91 Å². The van der Waals surface area contributed by atoms with E-state index in [1.54, 1.807) is 0 Å². The molecule has 19 heavy (non-hydrogen) atoms. The molecule has 2 unspecified atom stereocenters. The van der Waals surface area contributed by atoms with Crippen LogP contribution in [0.4, 0.5) is 0 Å². The average molecular weight is 269 g/mol. The molecule has 1 aliphatic heterocycles. The number of nitrogens with one attached hydrogen (secondary N) is 1. The van der Waals surface area contributed by atoms with Crippen molar-refractivity contribution in [3.05, 3.63) is 0 Å². The highest BCUT2D eigenvalue weighted by molar-refractivity contribution is 5.84. The van der Waals surface area contributed by atoms with Crippen LogP contribution in [-0.4, -0.2) is 55.1 Å². The van der Waals surface area contributed by atoms with E-state index in [4.69, 9.17) is 0 Å². The summed E-state index contributed by atoms with van der Waals surface area (Å²) in [5.41, 5.74) is 0. The van der Waals surface area contributed by atoms with Crippen LogP contribution in [0.1, 0.15) is 40.5 Å². The molecular weight excluding hydrogens is 238 g/mol. The zero-order valence-electron chi connectivity index (χ0n) is 13.4. The zero-order chi connectivity index (χ0) is 14.6. The summed E-state index contributed by atoms with van der Waals surface area (Å²) < 4.78 is 0. The number of amides is 1. The fourth-order valence-electron chi connectivity index (χ4n) is 2.70. The number of hydrogen-bond acceptors (Lipinski definition) is 3. The topological polar surface area (TPSA) is 35.6 Å². The van der Waals surface area contributed by atoms with E-state index < -0.39 is 0 Å². The van der Waals surface area contributed by atoms with Gasteiger partial charge < -0.3 is 9.80 Å². The van der Waals surface area contributed by atoms with Gasteiger partial charge in [-0.1, -0.05) is 27.7 Å². The molecule has 1 heterocycles. The lowest BCUT2D eigenvalue weighted by Crippen LogP contribution is -2.42. The molecule has 1 saturated heterocycles. The van der Waals surface area contributed by atoms with E-state index in [0.717, 1.165) is 25.9 Å². The van der Waals surface area contributed by atoms with Gasteiger partial charge in [-0.05, 0) is 45.3 Å². The van der Waals surface area contributed by atoms with Crippen molar-refractivity contribution in [1.82, 2.24) is 15.1 Å². The Labute approximate surface area is 118 Å². The Kier molecular flexibility index (Phi) is 6.27. The highest BCUT2D eigenvalue weighted by Gasteiger charge is 2.39. The summed E-state index contributed by atoms with van der Waals surface area (Å²) in [7, 11) is 4.15. The summed E-state index contributed by atoms with van der Waals surface area (Å²) in [6.07, 6.45) is 2.18. The number of hydrogen-bond donors (Lipinski definition) is 1. The third-order valence-corrected chi connectivity index (χ3v) is 3.63. The molecule has 2 atom stereocenters. The first-order chi connectivity index (χ1) is 8.82. The standard InChI is InChI=1S/C15H31N3O/c1-11(2)10-13-15(19)18(9-7-8-17(5)6)14(16-13)12(3)4/h11-14,16H,7-10H2,1-6H3. The maximum absolute atomic E-state index is 12.5. The van der Waals surface area contributed by atoms with Crippen LogP contribution in [0.3, 0.4) is 0 Å². The summed E-state index contributed by atoms with van der Waals surface area (Å²) in [5.74, 6) is 1.31. The van der Waals surface area contributed by atoms with Crippen molar-refractivity contribution in [2.75, 3.05) is 27.2 Å². The fraction of sp³-hybridized carbons (Fsp3) is 0.933. The number of rotatable bonds is 7. The highest BCUT2D eigenvalue weighted by Crippen LogP contribution is 2.21. The molecule has 1 fully saturated rings. The van der Waals surface area contributed by atoms with Crippen molar-refractivity contribution in [2.45, 2.75) is 52.7 Å². The minimum absolute atomic E-state index is 0.0201. The Bertz CT molecular complexity index is 289. The summed E-state index contributed by atoms with van der Waals surface area (Å²) in [6.45, 7) is 10.6. The van der Waals surface area contributed by atoms with Gasteiger partial charge in [-0.2, -0.15) is 0 Å². The first kappa shape index (κ1) is 16.4. The van der Waals surface area contributed by atoms with Crippen LogP contribution < -0.4 is 5.32 Å². The average Bonchev–Trinajstić information content (AvgIpc) is 2.56. The second-order valence-electron chi connectivity index (χ2n) is 6.73. The van der Waals surface area contributed by atoms with Crippen molar-refractivity contribution < 1.29 is 4.79 Å². The molecule has 0 spiro atoms. The van der Waals surface area contributed by atoms with Crippen molar-refractivity contribution in [1.29, 1.82) is 0 Å². The lowest BCUT2D eigenvalue weighted by molar-refractivity contribution is -0.130. The minimum atomic E-state index is 0.0201. The molecular formula is C15H31N3O. The summed E-state index contributed by atoms with van der Waals surface area (Å²) >= 11 is 0. The van der Waals surface area contributed by atoms with Gasteiger partial charge in [0, 0.05) is 6.54 Å². The lowest BCUT2D eigenvalue weighted by Gasteiger charge is -2.27. The molecule has 4 heteroatoms. The Balaban J connectivity index is 2.61. The monoisotopic (exact) mass is 269 g/mol. The van der Waals surface area contributed by atoms with Crippen molar-refractivity contribution in [3.8, 4) is 0 Å². The third-order valence-electron chi connectivity index (χ3n) is 3.63. The molecule has 1 rings (SSSR count). The van der Waals surface area contributed by atoms with Crippen LogP contribution in [0.5, 0.6) is 0 Å². The van der Waals surface area contributed by atoms with Gasteiger partial charge in [0.15, 0.2) is 0 Å². The Morgan fingerprint density at radius 3 is 2.37 bits per heavy atom. The third kappa shape index (κ3) is 4.77. The Morgan fingerprint density at radius 1 is 1.26 bits per heavy atom. The maximum Gasteiger partial charge on any atom is 0.241 e. The maximum atomic E-state index is 12.5. The van der Waals surface area contributed by atoms with Crippen molar-refractivity contribution in [2.24, 2.45) is 11.8 Å². The van der Waals surface area contributed by atoms with Crippen LogP contribution >= 0.6 is 0 Å². The largest absolute Gasteiger partial charge is 0.325 e. The first-order valence-corrected chi connectivity index (χ1v) is 7.54. The van der Waals surface area contributed by atoms with Gasteiger partial charge >= 0.3 is 0 Å². The number of nitrogens with zero attached hydrogens (tertiary/aromatic N) is 2. The molecule has 0 aromatic rings. The lowest BCUT2D eigenvalue weighted by atomic mass is 10.0. The van der Waals surface area contributed by atoms with Crippen LogP contribution in [0.25, 0.3) is 0 Å². The molecule has 1 aliphatic rings. The van der Waals surface area contributed by atoms with Gasteiger partial charge in [0.25, 0.3) is 0 Å². The van der Waals surface area contributed by atoms with E-state index in [9.17, 15) is 4.79 Å². The molecule has 112 valence electrons. The Hall–Kier alpha value is -0.610. The van der Waals surface area contributed by atoms with Crippen LogP contribution in [0, 0.1) is 11.8 Å². The molecule has 0 saturated carbocycles. The molecule has 4 nitrogen and oxygen atoms in total. The fourth-order valence-corrected chi connectivity index (χ4v) is 2.70. The van der Waals surface area contributed by atoms with Gasteiger partial charge in [0.1, 0.15) is 0 Å². The zero-order valence-corrected chi connectivity index (χ0v) is 13.4. The number of carbonyl (C=O) groups excluding carboxylic acids is 1. The molecule has 1 N–H and O–H groups in total. The smallest absolute Gasteiger partial charge is 0.241 e. The first-order valence-electron chi connectivity index (χ1n) is 7.54. The Morgan fingerprint density at radius 2 is 1.89 bits per heavy atom. The molecule has 0 bridgehead atoms. The minimum Gasteiger partial charge on any atom is -0.325 e. The van der Waals surface area contributed by atoms with Crippen LogP contribution in [-0.2, 0) is 4.79 Å². The van der Waals surface area contributed by atoms with E-state index in [2.05, 4.69) is 56.9 Å². The van der Waals surface area contributed by atoms with Gasteiger partial charge in [-0.15, -0.1) is 0 Å². The molecule has 1 amide bonds. The molecule has 0 aromatic heterocycles.